The molecule has 1 heterocycles. The van der Waals surface area contributed by atoms with Gasteiger partial charge in [0.15, 0.2) is 0 Å². The summed E-state index contributed by atoms with van der Waals surface area (Å²) in [6.07, 6.45) is -1.78. The van der Waals surface area contributed by atoms with E-state index in [-0.39, 0.29) is 12.5 Å². The van der Waals surface area contributed by atoms with Gasteiger partial charge in [-0.2, -0.15) is 13.2 Å². The highest BCUT2D eigenvalue weighted by Gasteiger charge is 2.32. The molecule has 0 unspecified atom stereocenters. The molecular formula is C11H18F3N3O. The highest BCUT2D eigenvalue weighted by molar-refractivity contribution is 5.78. The normalized spacial score (nSPS) is 22.3. The predicted molar refractivity (Wildman–Crippen MR) is 60.1 cm³/mol. The Hall–Kier alpha value is -0.820. The molecule has 2 fully saturated rings. The number of carbonyl (C=O) groups excluding carboxylic acids is 1. The number of rotatable bonds is 4. The Kier molecular flexibility index (Phi) is 4.11. The first-order valence-corrected chi connectivity index (χ1v) is 6.25. The summed E-state index contributed by atoms with van der Waals surface area (Å²) in [5.74, 6) is -0.241. The summed E-state index contributed by atoms with van der Waals surface area (Å²) in [4.78, 5) is 15.6. The lowest BCUT2D eigenvalue weighted by Gasteiger charge is -2.34. The van der Waals surface area contributed by atoms with Crippen LogP contribution in [-0.2, 0) is 4.79 Å². The van der Waals surface area contributed by atoms with Gasteiger partial charge in [-0.3, -0.25) is 9.69 Å². The zero-order chi connectivity index (χ0) is 13.2. The van der Waals surface area contributed by atoms with E-state index in [0.29, 0.717) is 19.1 Å². The molecule has 4 nitrogen and oxygen atoms in total. The van der Waals surface area contributed by atoms with Gasteiger partial charge in [-0.15, -0.1) is 0 Å². The fraction of sp³-hybridized carbons (Fsp3) is 0.909. The van der Waals surface area contributed by atoms with E-state index >= 15 is 0 Å². The molecule has 0 atom stereocenters. The Morgan fingerprint density at radius 1 is 1.17 bits per heavy atom. The van der Waals surface area contributed by atoms with Crippen LogP contribution in [0.2, 0.25) is 0 Å². The average Bonchev–Trinajstić information content (AvgIpc) is 3.11. The summed E-state index contributed by atoms with van der Waals surface area (Å²) in [5, 5.41) is 2.14. The van der Waals surface area contributed by atoms with Gasteiger partial charge in [0.2, 0.25) is 5.91 Å². The topological polar surface area (TPSA) is 35.6 Å². The number of amides is 1. The van der Waals surface area contributed by atoms with Crippen molar-refractivity contribution < 1.29 is 18.0 Å². The monoisotopic (exact) mass is 265 g/mol. The molecule has 0 aromatic rings. The Labute approximate surface area is 104 Å². The number of alkyl halides is 3. The molecule has 0 aromatic carbocycles. The number of hydrogen-bond acceptors (Lipinski definition) is 3. The van der Waals surface area contributed by atoms with Gasteiger partial charge in [0, 0.05) is 32.2 Å². The second kappa shape index (κ2) is 5.44. The minimum Gasteiger partial charge on any atom is -0.339 e. The van der Waals surface area contributed by atoms with Crippen LogP contribution in [0.1, 0.15) is 12.8 Å². The Morgan fingerprint density at radius 2 is 1.78 bits per heavy atom. The third-order valence-electron chi connectivity index (χ3n) is 3.33. The summed E-state index contributed by atoms with van der Waals surface area (Å²) in [5.41, 5.74) is 0. The molecule has 2 aliphatic rings. The van der Waals surface area contributed by atoms with E-state index in [1.54, 1.807) is 4.90 Å². The fourth-order valence-electron chi connectivity index (χ4n) is 2.20. The van der Waals surface area contributed by atoms with Crippen molar-refractivity contribution in [2.24, 2.45) is 0 Å². The molecule has 18 heavy (non-hydrogen) atoms. The van der Waals surface area contributed by atoms with Crippen molar-refractivity contribution in [1.29, 1.82) is 0 Å². The molecule has 104 valence electrons. The summed E-state index contributed by atoms with van der Waals surface area (Å²) >= 11 is 0. The molecular weight excluding hydrogens is 247 g/mol. The van der Waals surface area contributed by atoms with Crippen molar-refractivity contribution in [3.63, 3.8) is 0 Å². The maximum absolute atomic E-state index is 11.9. The van der Waals surface area contributed by atoms with E-state index in [0.717, 1.165) is 13.1 Å². The second-order valence-corrected chi connectivity index (χ2v) is 4.87. The number of nitrogens with one attached hydrogen (secondary N) is 1. The van der Waals surface area contributed by atoms with Gasteiger partial charge in [0.1, 0.15) is 0 Å². The SMILES string of the molecule is O=C(CNCC(F)(F)F)N1CCN(C2CC2)CC1. The van der Waals surface area contributed by atoms with Crippen molar-refractivity contribution in [3.8, 4) is 0 Å². The van der Waals surface area contributed by atoms with Crippen LogP contribution >= 0.6 is 0 Å². The van der Waals surface area contributed by atoms with Crippen LogP contribution in [0.15, 0.2) is 0 Å². The molecule has 0 radical (unpaired) electrons. The summed E-state index contributed by atoms with van der Waals surface area (Å²) < 4.78 is 35.7. The molecule has 1 N–H and O–H groups in total. The van der Waals surface area contributed by atoms with Crippen molar-refractivity contribution in [3.05, 3.63) is 0 Å². The van der Waals surface area contributed by atoms with Crippen LogP contribution in [0.25, 0.3) is 0 Å². The first-order chi connectivity index (χ1) is 8.46. The fourth-order valence-corrected chi connectivity index (χ4v) is 2.20. The number of hydrogen-bond donors (Lipinski definition) is 1. The lowest BCUT2D eigenvalue weighted by molar-refractivity contribution is -0.135. The number of halogens is 3. The van der Waals surface area contributed by atoms with Crippen molar-refractivity contribution in [2.45, 2.75) is 25.1 Å². The van der Waals surface area contributed by atoms with E-state index in [1.807, 2.05) is 0 Å². The van der Waals surface area contributed by atoms with E-state index in [2.05, 4.69) is 10.2 Å². The molecule has 2 rings (SSSR count). The van der Waals surface area contributed by atoms with Gasteiger partial charge in [-0.1, -0.05) is 0 Å². The molecule has 0 bridgehead atoms. The van der Waals surface area contributed by atoms with Crippen LogP contribution in [0, 0.1) is 0 Å². The minimum atomic E-state index is -4.26. The van der Waals surface area contributed by atoms with Crippen LogP contribution in [0.4, 0.5) is 13.2 Å². The first-order valence-electron chi connectivity index (χ1n) is 6.25. The molecule has 0 aromatic heterocycles. The van der Waals surface area contributed by atoms with E-state index in [9.17, 15) is 18.0 Å². The lowest BCUT2D eigenvalue weighted by atomic mass is 10.3. The highest BCUT2D eigenvalue weighted by atomic mass is 19.4. The van der Waals surface area contributed by atoms with Crippen LogP contribution in [0.5, 0.6) is 0 Å². The summed E-state index contributed by atoms with van der Waals surface area (Å²) in [6, 6.07) is 0.686. The van der Waals surface area contributed by atoms with Crippen molar-refractivity contribution >= 4 is 5.91 Å². The number of piperazine rings is 1. The Balaban J connectivity index is 1.64. The van der Waals surface area contributed by atoms with E-state index in [1.165, 1.54) is 12.8 Å². The Morgan fingerprint density at radius 3 is 2.28 bits per heavy atom. The van der Waals surface area contributed by atoms with Gasteiger partial charge in [-0.05, 0) is 12.8 Å². The largest absolute Gasteiger partial charge is 0.401 e. The molecule has 0 spiro atoms. The summed E-state index contributed by atoms with van der Waals surface area (Å²) in [7, 11) is 0. The number of nitrogens with zero attached hydrogens (tertiary/aromatic N) is 2. The number of carbonyl (C=O) groups is 1. The van der Waals surface area contributed by atoms with Gasteiger partial charge >= 0.3 is 6.18 Å². The van der Waals surface area contributed by atoms with Gasteiger partial charge < -0.3 is 10.2 Å². The van der Waals surface area contributed by atoms with Gasteiger partial charge in [0.05, 0.1) is 13.1 Å². The van der Waals surface area contributed by atoms with Crippen molar-refractivity contribution in [2.75, 3.05) is 39.3 Å². The molecule has 1 aliphatic carbocycles. The maximum atomic E-state index is 11.9. The molecule has 1 amide bonds. The van der Waals surface area contributed by atoms with Crippen LogP contribution in [-0.4, -0.2) is 67.2 Å². The third-order valence-corrected chi connectivity index (χ3v) is 3.33. The quantitative estimate of drug-likeness (QED) is 0.801. The van der Waals surface area contributed by atoms with E-state index < -0.39 is 12.7 Å². The summed E-state index contributed by atoms with van der Waals surface area (Å²) in [6.45, 7) is 1.60. The highest BCUT2D eigenvalue weighted by Crippen LogP contribution is 2.27. The smallest absolute Gasteiger partial charge is 0.339 e. The minimum absolute atomic E-state index is 0.233. The zero-order valence-electron chi connectivity index (χ0n) is 10.2. The maximum Gasteiger partial charge on any atom is 0.401 e. The van der Waals surface area contributed by atoms with Gasteiger partial charge in [-0.25, -0.2) is 0 Å². The molecule has 1 saturated carbocycles. The van der Waals surface area contributed by atoms with Gasteiger partial charge in [0.25, 0.3) is 0 Å². The standard InChI is InChI=1S/C11H18F3N3O/c12-11(13,14)8-15-7-10(18)17-5-3-16(4-6-17)9-1-2-9/h9,15H,1-8H2. The molecule has 7 heteroatoms. The van der Waals surface area contributed by atoms with E-state index in [4.69, 9.17) is 0 Å². The molecule has 1 aliphatic heterocycles. The Bertz CT molecular complexity index is 296. The molecule has 1 saturated heterocycles. The van der Waals surface area contributed by atoms with Crippen LogP contribution < -0.4 is 5.32 Å². The second-order valence-electron chi connectivity index (χ2n) is 4.87. The van der Waals surface area contributed by atoms with Crippen molar-refractivity contribution in [1.82, 2.24) is 15.1 Å². The predicted octanol–water partition coefficient (Wildman–Crippen LogP) is 0.445. The lowest BCUT2D eigenvalue weighted by Crippen LogP contribution is -2.51. The van der Waals surface area contributed by atoms with Crippen LogP contribution in [0.3, 0.4) is 0 Å². The first kappa shape index (κ1) is 13.6. The average molecular weight is 265 g/mol. The third kappa shape index (κ3) is 4.13. The zero-order valence-corrected chi connectivity index (χ0v) is 10.2.